The summed E-state index contributed by atoms with van der Waals surface area (Å²) in [5.74, 6) is 0. The van der Waals surface area contributed by atoms with Crippen LogP contribution >= 0.6 is 0 Å². The third-order valence-electron chi connectivity index (χ3n) is 4.05. The molecule has 5 nitrogen and oxygen atoms in total. The summed E-state index contributed by atoms with van der Waals surface area (Å²) < 4.78 is 5.66. The normalized spacial score (nSPS) is 29.6. The van der Waals surface area contributed by atoms with Crippen molar-refractivity contribution in [2.75, 3.05) is 39.3 Å². The molecule has 1 N–H and O–H groups in total. The van der Waals surface area contributed by atoms with Crippen LogP contribution in [0.5, 0.6) is 0 Å². The highest BCUT2D eigenvalue weighted by atomic mass is 16.5. The third-order valence-corrected chi connectivity index (χ3v) is 4.05. The number of piperazine rings is 1. The summed E-state index contributed by atoms with van der Waals surface area (Å²) in [5.41, 5.74) is 0. The molecule has 102 valence electrons. The lowest BCUT2D eigenvalue weighted by atomic mass is 10.2. The van der Waals surface area contributed by atoms with Gasteiger partial charge in [0.15, 0.2) is 0 Å². The predicted octanol–water partition coefficient (Wildman–Crippen LogP) is 0.655. The van der Waals surface area contributed by atoms with Gasteiger partial charge in [0.25, 0.3) is 0 Å². The van der Waals surface area contributed by atoms with E-state index in [-0.39, 0.29) is 6.03 Å². The summed E-state index contributed by atoms with van der Waals surface area (Å²) in [4.78, 5) is 16.2. The number of nitrogens with one attached hydrogen (secondary N) is 1. The minimum atomic E-state index is 0.134. The van der Waals surface area contributed by atoms with Crippen LogP contribution in [0.3, 0.4) is 0 Å². The van der Waals surface area contributed by atoms with Crippen LogP contribution < -0.4 is 5.32 Å². The number of urea groups is 1. The van der Waals surface area contributed by atoms with E-state index in [1.807, 2.05) is 4.90 Å². The predicted molar refractivity (Wildman–Crippen MR) is 68.5 cm³/mol. The number of rotatable bonds is 3. The quantitative estimate of drug-likeness (QED) is 0.803. The van der Waals surface area contributed by atoms with Crippen molar-refractivity contribution in [3.05, 3.63) is 0 Å². The molecule has 0 radical (unpaired) electrons. The molecule has 1 saturated carbocycles. The van der Waals surface area contributed by atoms with E-state index in [9.17, 15) is 4.79 Å². The summed E-state index contributed by atoms with van der Waals surface area (Å²) in [6.45, 7) is 5.64. The number of nitrogens with zero attached hydrogens (tertiary/aromatic N) is 2. The van der Waals surface area contributed by atoms with Gasteiger partial charge in [-0.05, 0) is 25.7 Å². The second-order valence-electron chi connectivity index (χ2n) is 5.65. The Morgan fingerprint density at radius 2 is 1.94 bits per heavy atom. The number of carbonyl (C=O) groups excluding carboxylic acids is 1. The molecule has 0 bridgehead atoms. The second-order valence-corrected chi connectivity index (χ2v) is 5.65. The molecule has 2 aliphatic heterocycles. The highest BCUT2D eigenvalue weighted by Gasteiger charge is 2.28. The van der Waals surface area contributed by atoms with E-state index in [1.54, 1.807) is 0 Å². The van der Waals surface area contributed by atoms with Gasteiger partial charge < -0.3 is 15.0 Å². The van der Waals surface area contributed by atoms with Crippen molar-refractivity contribution >= 4 is 6.03 Å². The van der Waals surface area contributed by atoms with Gasteiger partial charge >= 0.3 is 6.03 Å². The Labute approximate surface area is 108 Å². The molecule has 0 aromatic carbocycles. The van der Waals surface area contributed by atoms with Crippen LogP contribution in [0.15, 0.2) is 0 Å². The molecule has 1 atom stereocenters. The second kappa shape index (κ2) is 5.45. The van der Waals surface area contributed by atoms with Gasteiger partial charge in [-0.1, -0.05) is 0 Å². The fraction of sp³-hybridized carbons (Fsp3) is 0.923. The summed E-state index contributed by atoms with van der Waals surface area (Å²) >= 11 is 0. The summed E-state index contributed by atoms with van der Waals surface area (Å²) in [6.07, 6.45) is 5.14. The van der Waals surface area contributed by atoms with E-state index < -0.39 is 0 Å². The molecule has 3 rings (SSSR count). The Hall–Kier alpha value is -0.810. The van der Waals surface area contributed by atoms with Gasteiger partial charge in [0.2, 0.25) is 0 Å². The molecule has 2 amide bonds. The van der Waals surface area contributed by atoms with Gasteiger partial charge in [0, 0.05) is 45.4 Å². The monoisotopic (exact) mass is 253 g/mol. The number of amides is 2. The van der Waals surface area contributed by atoms with Crippen molar-refractivity contribution in [2.45, 2.75) is 37.8 Å². The zero-order valence-corrected chi connectivity index (χ0v) is 10.9. The number of carbonyl (C=O) groups is 1. The highest BCUT2D eigenvalue weighted by molar-refractivity contribution is 5.75. The van der Waals surface area contributed by atoms with Crippen LogP contribution in [0.1, 0.15) is 25.7 Å². The van der Waals surface area contributed by atoms with Crippen LogP contribution in [0, 0.1) is 0 Å². The van der Waals surface area contributed by atoms with E-state index in [2.05, 4.69) is 10.2 Å². The van der Waals surface area contributed by atoms with Crippen LogP contribution in [0.4, 0.5) is 4.79 Å². The molecule has 2 heterocycles. The van der Waals surface area contributed by atoms with Crippen LogP contribution in [0.2, 0.25) is 0 Å². The molecule has 0 aromatic heterocycles. The van der Waals surface area contributed by atoms with Gasteiger partial charge in [-0.25, -0.2) is 4.79 Å². The molecule has 0 spiro atoms. The molecule has 3 fully saturated rings. The maximum Gasteiger partial charge on any atom is 0.317 e. The fourth-order valence-corrected chi connectivity index (χ4v) is 2.70. The first-order valence-electron chi connectivity index (χ1n) is 7.20. The molecule has 3 aliphatic rings. The van der Waals surface area contributed by atoms with Gasteiger partial charge in [-0.3, -0.25) is 4.90 Å². The van der Waals surface area contributed by atoms with Gasteiger partial charge in [0.1, 0.15) is 0 Å². The van der Waals surface area contributed by atoms with Crippen LogP contribution in [-0.4, -0.2) is 67.3 Å². The standard InChI is InChI=1S/C13H23N3O2/c17-13(14-11-3-4-11)16-7-5-15(6-8-16)10-12-2-1-9-18-12/h11-12H,1-10H2,(H,14,17). The van der Waals surface area contributed by atoms with Crippen LogP contribution in [-0.2, 0) is 4.74 Å². The van der Waals surface area contributed by atoms with E-state index in [0.717, 1.165) is 52.2 Å². The molecule has 1 aliphatic carbocycles. The first-order valence-corrected chi connectivity index (χ1v) is 7.20. The average molecular weight is 253 g/mol. The lowest BCUT2D eigenvalue weighted by Gasteiger charge is -2.35. The molecule has 2 saturated heterocycles. The summed E-state index contributed by atoms with van der Waals surface area (Å²) in [5, 5.41) is 3.06. The lowest BCUT2D eigenvalue weighted by Crippen LogP contribution is -2.53. The first-order chi connectivity index (χ1) is 8.81. The number of hydrogen-bond acceptors (Lipinski definition) is 3. The Morgan fingerprint density at radius 1 is 1.17 bits per heavy atom. The third kappa shape index (κ3) is 3.14. The molecular formula is C13H23N3O2. The molecule has 18 heavy (non-hydrogen) atoms. The average Bonchev–Trinajstić information content (AvgIpc) is 3.04. The maximum atomic E-state index is 11.9. The minimum Gasteiger partial charge on any atom is -0.377 e. The highest BCUT2D eigenvalue weighted by Crippen LogP contribution is 2.19. The van der Waals surface area contributed by atoms with E-state index >= 15 is 0 Å². The zero-order chi connectivity index (χ0) is 12.4. The smallest absolute Gasteiger partial charge is 0.317 e. The lowest BCUT2D eigenvalue weighted by molar-refractivity contribution is 0.0561. The molecular weight excluding hydrogens is 230 g/mol. The Morgan fingerprint density at radius 3 is 2.56 bits per heavy atom. The zero-order valence-electron chi connectivity index (χ0n) is 10.9. The minimum absolute atomic E-state index is 0.134. The molecule has 0 aromatic rings. The SMILES string of the molecule is O=C(NC1CC1)N1CCN(CC2CCCO2)CC1. The van der Waals surface area contributed by atoms with Crippen molar-refractivity contribution < 1.29 is 9.53 Å². The number of hydrogen-bond donors (Lipinski definition) is 1. The molecule has 1 unspecified atom stereocenters. The largest absolute Gasteiger partial charge is 0.377 e. The molecule has 5 heteroatoms. The van der Waals surface area contributed by atoms with Gasteiger partial charge in [-0.2, -0.15) is 0 Å². The van der Waals surface area contributed by atoms with Crippen LogP contribution in [0.25, 0.3) is 0 Å². The summed E-state index contributed by atoms with van der Waals surface area (Å²) in [7, 11) is 0. The van der Waals surface area contributed by atoms with Crippen molar-refractivity contribution in [3.63, 3.8) is 0 Å². The van der Waals surface area contributed by atoms with Gasteiger partial charge in [0.05, 0.1) is 6.10 Å². The van der Waals surface area contributed by atoms with E-state index in [1.165, 1.54) is 12.8 Å². The summed E-state index contributed by atoms with van der Waals surface area (Å²) in [6, 6.07) is 0.594. The Balaban J connectivity index is 1.38. The van der Waals surface area contributed by atoms with Crippen molar-refractivity contribution in [1.82, 2.24) is 15.1 Å². The van der Waals surface area contributed by atoms with Gasteiger partial charge in [-0.15, -0.1) is 0 Å². The van der Waals surface area contributed by atoms with Crippen molar-refractivity contribution in [2.24, 2.45) is 0 Å². The number of ether oxygens (including phenoxy) is 1. The Bertz CT molecular complexity index is 293. The van der Waals surface area contributed by atoms with Crippen molar-refractivity contribution in [1.29, 1.82) is 0 Å². The van der Waals surface area contributed by atoms with Crippen molar-refractivity contribution in [3.8, 4) is 0 Å². The maximum absolute atomic E-state index is 11.9. The van der Waals surface area contributed by atoms with E-state index in [0.29, 0.717) is 12.1 Å². The fourth-order valence-electron chi connectivity index (χ4n) is 2.70. The topological polar surface area (TPSA) is 44.8 Å². The Kier molecular flexibility index (Phi) is 3.70. The van der Waals surface area contributed by atoms with E-state index in [4.69, 9.17) is 4.74 Å². The first kappa shape index (κ1) is 12.2.